The summed E-state index contributed by atoms with van der Waals surface area (Å²) in [4.78, 5) is 17.5. The van der Waals surface area contributed by atoms with E-state index in [9.17, 15) is 4.79 Å². The largest absolute Gasteiger partial charge is 0.497 e. The summed E-state index contributed by atoms with van der Waals surface area (Å²) in [6.45, 7) is 3.00. The van der Waals surface area contributed by atoms with Crippen LogP contribution in [0.1, 0.15) is 18.0 Å². The first kappa shape index (κ1) is 20.8. The molecular formula is C25H29N3O3. The third kappa shape index (κ3) is 4.68. The minimum atomic E-state index is -0.0411. The number of piperazine rings is 1. The van der Waals surface area contributed by atoms with E-state index < -0.39 is 0 Å². The van der Waals surface area contributed by atoms with Gasteiger partial charge >= 0.3 is 0 Å². The highest BCUT2D eigenvalue weighted by Crippen LogP contribution is 2.29. The van der Waals surface area contributed by atoms with Gasteiger partial charge in [-0.3, -0.25) is 4.79 Å². The van der Waals surface area contributed by atoms with Crippen LogP contribution in [-0.2, 0) is 4.79 Å². The second-order valence-corrected chi connectivity index (χ2v) is 7.66. The molecule has 6 heteroatoms. The second kappa shape index (κ2) is 9.60. The van der Waals surface area contributed by atoms with Crippen LogP contribution in [0.2, 0.25) is 0 Å². The normalized spacial score (nSPS) is 14.9. The van der Waals surface area contributed by atoms with Crippen LogP contribution < -0.4 is 14.4 Å². The standard InChI is InChI=1S/C25H29N3O3/c1-30-21-11-9-20(10-12-21)23(26-13-5-6-14-26)19-25(29)28-17-15-27(16-18-28)22-7-3-4-8-24(22)31-2/h3-14,23H,15-19H2,1-2H3. The molecule has 3 aromatic rings. The zero-order chi connectivity index (χ0) is 21.6. The monoisotopic (exact) mass is 419 g/mol. The maximum Gasteiger partial charge on any atom is 0.225 e. The van der Waals surface area contributed by atoms with E-state index in [1.807, 2.05) is 71.9 Å². The van der Waals surface area contributed by atoms with Crippen LogP contribution >= 0.6 is 0 Å². The van der Waals surface area contributed by atoms with E-state index >= 15 is 0 Å². The Bertz CT molecular complexity index is 978. The summed E-state index contributed by atoms with van der Waals surface area (Å²) >= 11 is 0. The molecule has 2 aromatic carbocycles. The number of hydrogen-bond acceptors (Lipinski definition) is 4. The molecule has 162 valence electrons. The Hall–Kier alpha value is -3.41. The number of nitrogens with zero attached hydrogens (tertiary/aromatic N) is 3. The first-order valence-corrected chi connectivity index (χ1v) is 10.6. The lowest BCUT2D eigenvalue weighted by Crippen LogP contribution is -2.49. The van der Waals surface area contributed by atoms with Crippen LogP contribution in [0, 0.1) is 0 Å². The molecule has 1 aliphatic heterocycles. The average Bonchev–Trinajstić information content (AvgIpc) is 3.37. The van der Waals surface area contributed by atoms with E-state index in [0.717, 1.165) is 35.8 Å². The number of benzene rings is 2. The van der Waals surface area contributed by atoms with E-state index in [2.05, 4.69) is 15.5 Å². The molecule has 0 saturated carbocycles. The number of carbonyl (C=O) groups is 1. The van der Waals surface area contributed by atoms with Gasteiger partial charge in [-0.05, 0) is 42.0 Å². The van der Waals surface area contributed by atoms with Crippen molar-refractivity contribution in [1.82, 2.24) is 9.47 Å². The molecule has 31 heavy (non-hydrogen) atoms. The Balaban J connectivity index is 1.43. The summed E-state index contributed by atoms with van der Waals surface area (Å²) in [6.07, 6.45) is 4.46. The van der Waals surface area contributed by atoms with Crippen molar-refractivity contribution in [3.05, 3.63) is 78.6 Å². The van der Waals surface area contributed by atoms with Crippen LogP contribution in [-0.4, -0.2) is 55.8 Å². The van der Waals surface area contributed by atoms with Crippen LogP contribution in [0.5, 0.6) is 11.5 Å². The molecule has 4 rings (SSSR count). The van der Waals surface area contributed by atoms with Crippen molar-refractivity contribution in [1.29, 1.82) is 0 Å². The molecule has 0 radical (unpaired) electrons. The van der Waals surface area contributed by atoms with Crippen molar-refractivity contribution >= 4 is 11.6 Å². The quantitative estimate of drug-likeness (QED) is 0.584. The number of para-hydroxylation sites is 2. The molecule has 6 nitrogen and oxygen atoms in total. The first-order valence-electron chi connectivity index (χ1n) is 10.6. The molecule has 0 spiro atoms. The fourth-order valence-electron chi connectivity index (χ4n) is 4.16. The lowest BCUT2D eigenvalue weighted by molar-refractivity contribution is -0.132. The summed E-state index contributed by atoms with van der Waals surface area (Å²) in [5, 5.41) is 0. The number of ether oxygens (including phenoxy) is 2. The predicted molar refractivity (Wildman–Crippen MR) is 122 cm³/mol. The van der Waals surface area contributed by atoms with E-state index in [1.54, 1.807) is 14.2 Å². The molecule has 1 atom stereocenters. The number of carbonyl (C=O) groups excluding carboxylic acids is 1. The number of aromatic nitrogens is 1. The Labute approximate surface area is 183 Å². The highest BCUT2D eigenvalue weighted by atomic mass is 16.5. The Morgan fingerprint density at radius 3 is 2.19 bits per heavy atom. The fourth-order valence-corrected chi connectivity index (χ4v) is 4.16. The first-order chi connectivity index (χ1) is 15.2. The molecule has 1 aliphatic rings. The highest BCUT2D eigenvalue weighted by molar-refractivity contribution is 5.77. The molecule has 1 amide bonds. The predicted octanol–water partition coefficient (Wildman–Crippen LogP) is 3.83. The van der Waals surface area contributed by atoms with Gasteiger partial charge in [0.2, 0.25) is 5.91 Å². The number of rotatable bonds is 7. The molecule has 1 unspecified atom stereocenters. The summed E-state index contributed by atoms with van der Waals surface area (Å²) in [5.74, 6) is 1.86. The molecule has 1 saturated heterocycles. The Kier molecular flexibility index (Phi) is 6.46. The van der Waals surface area contributed by atoms with Gasteiger partial charge in [0.1, 0.15) is 11.5 Å². The number of anilines is 1. The molecular weight excluding hydrogens is 390 g/mol. The van der Waals surface area contributed by atoms with Gasteiger partial charge in [-0.15, -0.1) is 0 Å². The second-order valence-electron chi connectivity index (χ2n) is 7.66. The van der Waals surface area contributed by atoms with Crippen molar-refractivity contribution in [2.45, 2.75) is 12.5 Å². The van der Waals surface area contributed by atoms with E-state index in [1.165, 1.54) is 0 Å². The smallest absolute Gasteiger partial charge is 0.225 e. The van der Waals surface area contributed by atoms with Gasteiger partial charge in [-0.1, -0.05) is 24.3 Å². The van der Waals surface area contributed by atoms with Crippen LogP contribution in [0.3, 0.4) is 0 Å². The molecule has 0 N–H and O–H groups in total. The van der Waals surface area contributed by atoms with Gasteiger partial charge < -0.3 is 23.8 Å². The van der Waals surface area contributed by atoms with Crippen molar-refractivity contribution in [3.8, 4) is 11.5 Å². The van der Waals surface area contributed by atoms with Crippen molar-refractivity contribution in [2.75, 3.05) is 45.3 Å². The van der Waals surface area contributed by atoms with Gasteiger partial charge in [0, 0.05) is 38.6 Å². The lowest BCUT2D eigenvalue weighted by atomic mass is 10.0. The summed E-state index contributed by atoms with van der Waals surface area (Å²) in [7, 11) is 3.35. The van der Waals surface area contributed by atoms with Crippen LogP contribution in [0.4, 0.5) is 5.69 Å². The van der Waals surface area contributed by atoms with Gasteiger partial charge in [-0.2, -0.15) is 0 Å². The Morgan fingerprint density at radius 2 is 1.55 bits per heavy atom. The summed E-state index contributed by atoms with van der Waals surface area (Å²) < 4.78 is 12.9. The number of hydrogen-bond donors (Lipinski definition) is 0. The molecule has 1 aromatic heterocycles. The number of methoxy groups -OCH3 is 2. The zero-order valence-corrected chi connectivity index (χ0v) is 18.1. The molecule has 1 fully saturated rings. The molecule has 2 heterocycles. The van der Waals surface area contributed by atoms with Crippen molar-refractivity contribution in [3.63, 3.8) is 0 Å². The maximum atomic E-state index is 13.2. The van der Waals surface area contributed by atoms with Crippen molar-refractivity contribution in [2.24, 2.45) is 0 Å². The number of amides is 1. The minimum Gasteiger partial charge on any atom is -0.497 e. The highest BCUT2D eigenvalue weighted by Gasteiger charge is 2.26. The van der Waals surface area contributed by atoms with E-state index in [0.29, 0.717) is 19.5 Å². The third-order valence-electron chi connectivity index (χ3n) is 5.91. The lowest BCUT2D eigenvalue weighted by Gasteiger charge is -2.37. The Morgan fingerprint density at radius 1 is 0.871 bits per heavy atom. The van der Waals surface area contributed by atoms with Gasteiger partial charge in [0.15, 0.2) is 0 Å². The van der Waals surface area contributed by atoms with Crippen LogP contribution in [0.25, 0.3) is 0 Å². The third-order valence-corrected chi connectivity index (χ3v) is 5.91. The SMILES string of the molecule is COc1ccc(C(CC(=O)N2CCN(c3ccccc3OC)CC2)n2cccc2)cc1. The van der Waals surface area contributed by atoms with E-state index in [-0.39, 0.29) is 11.9 Å². The zero-order valence-electron chi connectivity index (χ0n) is 18.1. The average molecular weight is 420 g/mol. The molecule has 0 bridgehead atoms. The van der Waals surface area contributed by atoms with Gasteiger partial charge in [0.25, 0.3) is 0 Å². The molecule has 0 aliphatic carbocycles. The van der Waals surface area contributed by atoms with Crippen LogP contribution in [0.15, 0.2) is 73.1 Å². The van der Waals surface area contributed by atoms with Gasteiger partial charge in [-0.25, -0.2) is 0 Å². The van der Waals surface area contributed by atoms with Crippen molar-refractivity contribution < 1.29 is 14.3 Å². The van der Waals surface area contributed by atoms with E-state index in [4.69, 9.17) is 9.47 Å². The topological polar surface area (TPSA) is 46.9 Å². The minimum absolute atomic E-state index is 0.0411. The van der Waals surface area contributed by atoms with Gasteiger partial charge in [0.05, 0.1) is 32.4 Å². The summed E-state index contributed by atoms with van der Waals surface area (Å²) in [5.41, 5.74) is 2.18. The maximum absolute atomic E-state index is 13.2. The fraction of sp³-hybridized carbons (Fsp3) is 0.320. The summed E-state index contributed by atoms with van der Waals surface area (Å²) in [6, 6.07) is 20.0.